The molecule has 2 aromatic carbocycles. The van der Waals surface area contributed by atoms with Crippen LogP contribution in [0.3, 0.4) is 0 Å². The van der Waals surface area contributed by atoms with E-state index in [4.69, 9.17) is 16.3 Å². The van der Waals surface area contributed by atoms with Crippen LogP contribution < -0.4 is 20.7 Å². The number of aryl methyl sites for hydroxylation is 1. The quantitative estimate of drug-likeness (QED) is 0.362. The predicted molar refractivity (Wildman–Crippen MR) is 126 cm³/mol. The van der Waals surface area contributed by atoms with E-state index in [0.29, 0.717) is 43.8 Å². The smallest absolute Gasteiger partial charge is 0.325 e. The second-order valence-electron chi connectivity index (χ2n) is 6.73. The van der Waals surface area contributed by atoms with Crippen LogP contribution in [-0.4, -0.2) is 29.0 Å². The summed E-state index contributed by atoms with van der Waals surface area (Å²) in [5.74, 6) is 0.776. The number of amides is 3. The molecule has 8 nitrogen and oxygen atoms in total. The maximum absolute atomic E-state index is 12.2. The number of aromatic nitrogens is 2. The van der Waals surface area contributed by atoms with Crippen LogP contribution in [-0.2, 0) is 0 Å². The Balaban J connectivity index is 1.62. The number of nitrogens with one attached hydrogen (secondary N) is 3. The molecule has 0 spiro atoms. The molecule has 3 N–H and O–H groups in total. The summed E-state index contributed by atoms with van der Waals surface area (Å²) in [5.41, 5.74) is 2.42. The van der Waals surface area contributed by atoms with Gasteiger partial charge in [-0.25, -0.2) is 9.78 Å². The largest absolute Gasteiger partial charge is 0.457 e. The van der Waals surface area contributed by atoms with E-state index >= 15 is 0 Å². The molecule has 3 amide bonds. The van der Waals surface area contributed by atoms with Gasteiger partial charge in [0.05, 0.1) is 16.2 Å². The molecule has 0 atom stereocenters. The summed E-state index contributed by atoms with van der Waals surface area (Å²) in [7, 11) is 1.58. The van der Waals surface area contributed by atoms with Gasteiger partial charge in [-0.05, 0) is 42.8 Å². The highest BCUT2D eigenvalue weighted by Crippen LogP contribution is 2.34. The average Bonchev–Trinajstić information content (AvgIpc) is 3.28. The number of pyridine rings is 1. The monoisotopic (exact) mass is 467 g/mol. The molecule has 0 aliphatic rings. The summed E-state index contributed by atoms with van der Waals surface area (Å²) < 4.78 is 6.07. The number of fused-ring (bicyclic) bond motifs is 1. The van der Waals surface area contributed by atoms with E-state index in [1.807, 2.05) is 13.0 Å². The number of anilines is 2. The van der Waals surface area contributed by atoms with Gasteiger partial charge in [-0.15, -0.1) is 11.3 Å². The van der Waals surface area contributed by atoms with Gasteiger partial charge in [-0.3, -0.25) is 15.1 Å². The second kappa shape index (κ2) is 9.21. The molecule has 0 unspecified atom stereocenters. The van der Waals surface area contributed by atoms with E-state index in [9.17, 15) is 9.59 Å². The lowest BCUT2D eigenvalue weighted by Gasteiger charge is -2.13. The van der Waals surface area contributed by atoms with Crippen LogP contribution in [0.2, 0.25) is 5.02 Å². The van der Waals surface area contributed by atoms with Gasteiger partial charge >= 0.3 is 6.03 Å². The normalized spacial score (nSPS) is 10.6. The van der Waals surface area contributed by atoms with Crippen LogP contribution in [0.15, 0.2) is 54.2 Å². The zero-order chi connectivity index (χ0) is 22.7. The Labute approximate surface area is 192 Å². The summed E-state index contributed by atoms with van der Waals surface area (Å²) in [6.07, 6.45) is 3.23. The van der Waals surface area contributed by atoms with Crippen LogP contribution >= 0.6 is 22.9 Å². The van der Waals surface area contributed by atoms with E-state index < -0.39 is 6.03 Å². The standard InChI is InChI=1S/C22H18ClN5O3S/c1-12-9-17-15(11-14(12)20(29)24-2)19(5-6-25-17)31-13-3-4-16(23)18(10-13)27-21(30)28-22-26-7-8-32-22/h3-11H,1-2H3,(H,24,29)(H2,26,27,28,30). The van der Waals surface area contributed by atoms with E-state index in [0.717, 1.165) is 5.56 Å². The molecule has 0 aliphatic heterocycles. The number of urea groups is 1. The molecule has 4 aromatic rings. The highest BCUT2D eigenvalue weighted by atomic mass is 35.5. The maximum Gasteiger partial charge on any atom is 0.325 e. The van der Waals surface area contributed by atoms with Gasteiger partial charge in [-0.2, -0.15) is 0 Å². The van der Waals surface area contributed by atoms with Gasteiger partial charge in [0.25, 0.3) is 5.91 Å². The van der Waals surface area contributed by atoms with Crippen molar-refractivity contribution in [1.29, 1.82) is 0 Å². The van der Waals surface area contributed by atoms with Crippen molar-refractivity contribution in [2.45, 2.75) is 6.92 Å². The highest BCUT2D eigenvalue weighted by Gasteiger charge is 2.14. The zero-order valence-corrected chi connectivity index (χ0v) is 18.7. The summed E-state index contributed by atoms with van der Waals surface area (Å²) in [5, 5.41) is 11.2. The first-order chi connectivity index (χ1) is 15.4. The Morgan fingerprint density at radius 3 is 2.66 bits per heavy atom. The first-order valence-corrected chi connectivity index (χ1v) is 10.8. The molecule has 0 fully saturated rings. The lowest BCUT2D eigenvalue weighted by molar-refractivity contribution is 0.0962. The lowest BCUT2D eigenvalue weighted by Crippen LogP contribution is -2.19. The third-order valence-electron chi connectivity index (χ3n) is 4.59. The van der Waals surface area contributed by atoms with Crippen LogP contribution in [0.25, 0.3) is 10.9 Å². The summed E-state index contributed by atoms with van der Waals surface area (Å²) in [6.45, 7) is 1.85. The third-order valence-corrected chi connectivity index (χ3v) is 5.60. The molecule has 162 valence electrons. The van der Waals surface area contributed by atoms with E-state index in [1.165, 1.54) is 11.3 Å². The summed E-state index contributed by atoms with van der Waals surface area (Å²) >= 11 is 7.55. The minimum absolute atomic E-state index is 0.191. The molecule has 2 heterocycles. The number of hydrogen-bond donors (Lipinski definition) is 3. The minimum Gasteiger partial charge on any atom is -0.457 e. The molecular weight excluding hydrogens is 450 g/mol. The molecule has 32 heavy (non-hydrogen) atoms. The van der Waals surface area contributed by atoms with Crippen molar-refractivity contribution in [2.75, 3.05) is 17.7 Å². The van der Waals surface area contributed by atoms with Crippen LogP contribution in [0, 0.1) is 6.92 Å². The molecular formula is C22H18ClN5O3S. The Morgan fingerprint density at radius 1 is 1.06 bits per heavy atom. The van der Waals surface area contributed by atoms with Gasteiger partial charge in [0.2, 0.25) is 0 Å². The minimum atomic E-state index is -0.473. The third kappa shape index (κ3) is 4.63. The molecule has 10 heteroatoms. The van der Waals surface area contributed by atoms with Gasteiger partial charge < -0.3 is 15.4 Å². The van der Waals surface area contributed by atoms with Gasteiger partial charge in [0.15, 0.2) is 5.13 Å². The van der Waals surface area contributed by atoms with Crippen molar-refractivity contribution in [3.8, 4) is 11.5 Å². The molecule has 0 aliphatic carbocycles. The molecule has 0 bridgehead atoms. The number of hydrogen-bond acceptors (Lipinski definition) is 6. The van der Waals surface area contributed by atoms with Crippen molar-refractivity contribution in [2.24, 2.45) is 0 Å². The number of carbonyl (C=O) groups excluding carboxylic acids is 2. The molecule has 0 saturated carbocycles. The maximum atomic E-state index is 12.2. The number of thiazole rings is 1. The predicted octanol–water partition coefficient (Wildman–Crippen LogP) is 5.45. The van der Waals surface area contributed by atoms with Crippen molar-refractivity contribution in [3.63, 3.8) is 0 Å². The first kappa shape index (κ1) is 21.5. The number of rotatable bonds is 5. The number of ether oxygens (including phenoxy) is 1. The second-order valence-corrected chi connectivity index (χ2v) is 8.03. The SMILES string of the molecule is CNC(=O)c1cc2c(Oc3ccc(Cl)c(NC(=O)Nc4nccs4)c3)ccnc2cc1C. The van der Waals surface area contributed by atoms with Crippen molar-refractivity contribution in [3.05, 3.63) is 70.3 Å². The number of carbonyl (C=O) groups is 2. The Kier molecular flexibility index (Phi) is 6.20. The van der Waals surface area contributed by atoms with E-state index in [2.05, 4.69) is 25.9 Å². The van der Waals surface area contributed by atoms with Crippen LogP contribution in [0.4, 0.5) is 15.6 Å². The molecule has 4 rings (SSSR count). The summed E-state index contributed by atoms with van der Waals surface area (Å²) in [4.78, 5) is 32.8. The lowest BCUT2D eigenvalue weighted by atomic mass is 10.0. The molecule has 2 aromatic heterocycles. The van der Waals surface area contributed by atoms with E-state index in [1.54, 1.807) is 55.2 Å². The Bertz CT molecular complexity index is 1310. The van der Waals surface area contributed by atoms with Gasteiger partial charge in [-0.1, -0.05) is 11.6 Å². The number of benzene rings is 2. The Morgan fingerprint density at radius 2 is 1.91 bits per heavy atom. The molecule has 0 radical (unpaired) electrons. The van der Waals surface area contributed by atoms with Crippen molar-refractivity contribution >= 4 is 56.6 Å². The Hall–Kier alpha value is -3.69. The fraction of sp³-hybridized carbons (Fsp3) is 0.0909. The first-order valence-electron chi connectivity index (χ1n) is 9.51. The van der Waals surface area contributed by atoms with Gasteiger partial charge in [0.1, 0.15) is 11.5 Å². The van der Waals surface area contributed by atoms with Crippen molar-refractivity contribution in [1.82, 2.24) is 15.3 Å². The van der Waals surface area contributed by atoms with Crippen molar-refractivity contribution < 1.29 is 14.3 Å². The number of halogens is 1. The van der Waals surface area contributed by atoms with Crippen LogP contribution in [0.5, 0.6) is 11.5 Å². The summed E-state index contributed by atoms with van der Waals surface area (Å²) in [6, 6.07) is 9.75. The van der Waals surface area contributed by atoms with E-state index in [-0.39, 0.29) is 5.91 Å². The highest BCUT2D eigenvalue weighted by molar-refractivity contribution is 7.13. The van der Waals surface area contributed by atoms with Crippen LogP contribution in [0.1, 0.15) is 15.9 Å². The van der Waals surface area contributed by atoms with Gasteiger partial charge in [0, 0.05) is 41.8 Å². The fourth-order valence-corrected chi connectivity index (χ4v) is 3.76. The molecule has 0 saturated heterocycles. The fourth-order valence-electron chi connectivity index (χ4n) is 3.07. The average molecular weight is 468 g/mol. The number of nitrogens with zero attached hydrogens (tertiary/aromatic N) is 2. The topological polar surface area (TPSA) is 105 Å². The zero-order valence-electron chi connectivity index (χ0n) is 17.1.